The van der Waals surface area contributed by atoms with Crippen LogP contribution in [-0.2, 0) is 29.5 Å². The highest BCUT2D eigenvalue weighted by molar-refractivity contribution is 7.91. The molecular weight excluding hydrogens is 304 g/mol. The van der Waals surface area contributed by atoms with Crippen molar-refractivity contribution in [3.63, 3.8) is 0 Å². The van der Waals surface area contributed by atoms with Crippen LogP contribution in [0.3, 0.4) is 0 Å². The average molecular weight is 324 g/mol. The molecule has 0 amide bonds. The maximum Gasteiger partial charge on any atom is 0.250 e. The minimum absolute atomic E-state index is 0.311. The summed E-state index contributed by atoms with van der Waals surface area (Å²) >= 11 is 1.29. The van der Waals surface area contributed by atoms with Gasteiger partial charge in [0.2, 0.25) is 10.0 Å². The molecule has 0 aliphatic heterocycles. The van der Waals surface area contributed by atoms with Crippen molar-refractivity contribution in [3.05, 3.63) is 52.4 Å². The zero-order valence-corrected chi connectivity index (χ0v) is 13.9. The van der Waals surface area contributed by atoms with Crippen LogP contribution < -0.4 is 10.0 Å². The highest BCUT2D eigenvalue weighted by Gasteiger charge is 2.16. The van der Waals surface area contributed by atoms with Gasteiger partial charge in [-0.05, 0) is 36.7 Å². The second-order valence-corrected chi connectivity index (χ2v) is 7.91. The fourth-order valence-electron chi connectivity index (χ4n) is 1.91. The van der Waals surface area contributed by atoms with Crippen molar-refractivity contribution in [1.29, 1.82) is 0 Å². The number of aryl methyl sites for hydroxylation is 1. The van der Waals surface area contributed by atoms with Crippen LogP contribution in [0.5, 0.6) is 0 Å². The first kappa shape index (κ1) is 16.2. The minimum atomic E-state index is -3.43. The van der Waals surface area contributed by atoms with Crippen LogP contribution in [0.25, 0.3) is 0 Å². The molecule has 114 valence electrons. The van der Waals surface area contributed by atoms with Gasteiger partial charge >= 0.3 is 0 Å². The molecule has 4 nitrogen and oxygen atoms in total. The van der Waals surface area contributed by atoms with Crippen LogP contribution in [0, 0.1) is 0 Å². The molecule has 2 aromatic rings. The molecule has 0 atom stereocenters. The monoisotopic (exact) mass is 324 g/mol. The van der Waals surface area contributed by atoms with E-state index < -0.39 is 10.0 Å². The molecule has 0 aliphatic carbocycles. The molecule has 0 unspecified atom stereocenters. The highest BCUT2D eigenvalue weighted by Crippen LogP contribution is 2.21. The van der Waals surface area contributed by atoms with E-state index in [1.807, 2.05) is 37.4 Å². The van der Waals surface area contributed by atoms with Crippen LogP contribution in [0.15, 0.2) is 40.6 Å². The summed E-state index contributed by atoms with van der Waals surface area (Å²) in [5.41, 5.74) is 2.21. The van der Waals surface area contributed by atoms with Crippen molar-refractivity contribution in [2.45, 2.75) is 30.6 Å². The van der Waals surface area contributed by atoms with Gasteiger partial charge in [-0.1, -0.05) is 31.2 Å². The van der Waals surface area contributed by atoms with Crippen molar-refractivity contribution in [1.82, 2.24) is 10.0 Å². The number of hydrogen-bond acceptors (Lipinski definition) is 4. The third kappa shape index (κ3) is 4.38. The zero-order chi connectivity index (χ0) is 15.3. The van der Waals surface area contributed by atoms with E-state index in [1.165, 1.54) is 16.9 Å². The van der Waals surface area contributed by atoms with E-state index in [0.29, 0.717) is 17.3 Å². The van der Waals surface area contributed by atoms with Crippen molar-refractivity contribution >= 4 is 21.4 Å². The quantitative estimate of drug-likeness (QED) is 0.823. The van der Waals surface area contributed by atoms with E-state index >= 15 is 0 Å². The Kier molecular flexibility index (Phi) is 5.52. The van der Waals surface area contributed by atoms with E-state index in [0.717, 1.165) is 16.9 Å². The predicted octanol–water partition coefficient (Wildman–Crippen LogP) is 2.51. The number of thiophene rings is 1. The van der Waals surface area contributed by atoms with E-state index in [2.05, 4.69) is 17.0 Å². The fourth-order valence-corrected chi connectivity index (χ4v) is 4.34. The highest BCUT2D eigenvalue weighted by atomic mass is 32.2. The Morgan fingerprint density at radius 3 is 2.29 bits per heavy atom. The number of sulfonamides is 1. The third-order valence-electron chi connectivity index (χ3n) is 3.15. The maximum atomic E-state index is 12.2. The van der Waals surface area contributed by atoms with Gasteiger partial charge in [0.25, 0.3) is 0 Å². The SMILES string of the molecule is CCc1ccc(CNS(=O)(=O)c2ccc(CNC)s2)cc1. The number of benzene rings is 1. The lowest BCUT2D eigenvalue weighted by molar-refractivity contribution is 0.583. The molecule has 6 heteroatoms. The van der Waals surface area contributed by atoms with Crippen LogP contribution in [0.4, 0.5) is 0 Å². The Balaban J connectivity index is 2.02. The maximum absolute atomic E-state index is 12.2. The Bertz CT molecular complexity index is 676. The largest absolute Gasteiger partial charge is 0.315 e. The Labute approximate surface area is 130 Å². The zero-order valence-electron chi connectivity index (χ0n) is 12.2. The molecule has 0 fully saturated rings. The lowest BCUT2D eigenvalue weighted by atomic mass is 10.1. The molecule has 0 saturated heterocycles. The summed E-state index contributed by atoms with van der Waals surface area (Å²) in [6.07, 6.45) is 0.982. The molecule has 21 heavy (non-hydrogen) atoms. The van der Waals surface area contributed by atoms with Gasteiger partial charge in [-0.3, -0.25) is 0 Å². The number of hydrogen-bond donors (Lipinski definition) is 2. The summed E-state index contributed by atoms with van der Waals surface area (Å²) < 4.78 is 27.5. The van der Waals surface area contributed by atoms with Crippen LogP contribution in [0.1, 0.15) is 22.9 Å². The van der Waals surface area contributed by atoms with E-state index in [9.17, 15) is 8.42 Å². The van der Waals surface area contributed by atoms with E-state index in [-0.39, 0.29) is 0 Å². The van der Waals surface area contributed by atoms with E-state index in [4.69, 9.17) is 0 Å². The van der Waals surface area contributed by atoms with Gasteiger partial charge in [0.05, 0.1) is 0 Å². The Morgan fingerprint density at radius 2 is 1.67 bits per heavy atom. The molecule has 0 spiro atoms. The van der Waals surface area contributed by atoms with Crippen LogP contribution in [0.2, 0.25) is 0 Å². The van der Waals surface area contributed by atoms with E-state index in [1.54, 1.807) is 6.07 Å². The second-order valence-electron chi connectivity index (χ2n) is 4.75. The van der Waals surface area contributed by atoms with Crippen molar-refractivity contribution in [3.8, 4) is 0 Å². The van der Waals surface area contributed by atoms with Gasteiger partial charge in [0, 0.05) is 18.0 Å². The van der Waals surface area contributed by atoms with Gasteiger partial charge < -0.3 is 5.32 Å². The Hall–Kier alpha value is -1.21. The summed E-state index contributed by atoms with van der Waals surface area (Å²) in [6.45, 7) is 3.08. The van der Waals surface area contributed by atoms with Gasteiger partial charge in [-0.25, -0.2) is 13.1 Å². The summed E-state index contributed by atoms with van der Waals surface area (Å²) in [5.74, 6) is 0. The second kappa shape index (κ2) is 7.17. The summed E-state index contributed by atoms with van der Waals surface area (Å²) in [6, 6.07) is 11.5. The lowest BCUT2D eigenvalue weighted by Gasteiger charge is -2.05. The van der Waals surface area contributed by atoms with Crippen LogP contribution in [-0.4, -0.2) is 15.5 Å². The minimum Gasteiger partial charge on any atom is -0.315 e. The number of rotatable bonds is 7. The molecule has 1 heterocycles. The standard InChI is InChI=1S/C15H20N2O2S2/c1-3-12-4-6-13(7-5-12)10-17-21(18,19)15-9-8-14(20-15)11-16-2/h4-9,16-17H,3,10-11H2,1-2H3. The molecular formula is C15H20N2O2S2. The van der Waals surface area contributed by atoms with Crippen molar-refractivity contribution in [2.75, 3.05) is 7.05 Å². The molecule has 1 aromatic heterocycles. The Morgan fingerprint density at radius 1 is 1.00 bits per heavy atom. The summed E-state index contributed by atoms with van der Waals surface area (Å²) in [7, 11) is -1.59. The third-order valence-corrected chi connectivity index (χ3v) is 6.13. The van der Waals surface area contributed by atoms with Crippen molar-refractivity contribution < 1.29 is 8.42 Å². The molecule has 2 N–H and O–H groups in total. The van der Waals surface area contributed by atoms with Gasteiger partial charge in [-0.15, -0.1) is 11.3 Å². The fraction of sp³-hybridized carbons (Fsp3) is 0.333. The first-order valence-electron chi connectivity index (χ1n) is 6.86. The van der Waals surface area contributed by atoms with Crippen LogP contribution >= 0.6 is 11.3 Å². The topological polar surface area (TPSA) is 58.2 Å². The van der Waals surface area contributed by atoms with Crippen molar-refractivity contribution in [2.24, 2.45) is 0 Å². The molecule has 2 rings (SSSR count). The summed E-state index contributed by atoms with van der Waals surface area (Å²) in [4.78, 5) is 1.00. The smallest absolute Gasteiger partial charge is 0.250 e. The van der Waals surface area contributed by atoms with Gasteiger partial charge in [0.15, 0.2) is 0 Å². The first-order valence-corrected chi connectivity index (χ1v) is 9.16. The van der Waals surface area contributed by atoms with Gasteiger partial charge in [0.1, 0.15) is 4.21 Å². The average Bonchev–Trinajstić information content (AvgIpc) is 2.96. The predicted molar refractivity (Wildman–Crippen MR) is 86.9 cm³/mol. The number of nitrogens with one attached hydrogen (secondary N) is 2. The lowest BCUT2D eigenvalue weighted by Crippen LogP contribution is -2.22. The summed E-state index contributed by atoms with van der Waals surface area (Å²) in [5, 5.41) is 3.01. The molecule has 0 aliphatic rings. The molecule has 0 bridgehead atoms. The molecule has 0 saturated carbocycles. The van der Waals surface area contributed by atoms with Gasteiger partial charge in [-0.2, -0.15) is 0 Å². The molecule has 0 radical (unpaired) electrons. The molecule has 1 aromatic carbocycles. The first-order chi connectivity index (χ1) is 10.0. The normalized spacial score (nSPS) is 11.7.